The van der Waals surface area contributed by atoms with Gasteiger partial charge in [-0.25, -0.2) is 0 Å². The van der Waals surface area contributed by atoms with Gasteiger partial charge in [0, 0.05) is 29.2 Å². The van der Waals surface area contributed by atoms with Crippen LogP contribution in [0.15, 0.2) is 77.3 Å². The van der Waals surface area contributed by atoms with Gasteiger partial charge in [-0.3, -0.25) is 9.36 Å². The summed E-state index contributed by atoms with van der Waals surface area (Å²) in [6.45, 7) is 2.69. The molecule has 0 spiro atoms. The maximum atomic E-state index is 13.3. The van der Waals surface area contributed by atoms with Crippen LogP contribution in [0.2, 0.25) is 0 Å². The van der Waals surface area contributed by atoms with Gasteiger partial charge < -0.3 is 4.90 Å². The molecule has 3 heterocycles. The van der Waals surface area contributed by atoms with Gasteiger partial charge in [0.15, 0.2) is 5.16 Å². The van der Waals surface area contributed by atoms with E-state index >= 15 is 0 Å². The van der Waals surface area contributed by atoms with Gasteiger partial charge in [-0.2, -0.15) is 0 Å². The number of carbonyl (C=O) groups excluding carboxylic acids is 1. The molecule has 0 saturated heterocycles. The lowest BCUT2D eigenvalue weighted by Crippen LogP contribution is -2.35. The number of fused-ring (bicyclic) bond motifs is 1. The number of anilines is 1. The standard InChI is InChI=1S/C24H22N4OS2/c1-17(23(29)27-14-13-18-8-5-6-12-21(18)27)31-24-26-25-22(16-20-11-7-15-30-20)28(24)19-9-3-2-4-10-19/h2-12,15,17H,13-14,16H2,1H3/t17-/m0/s1. The van der Waals surface area contributed by atoms with Crippen LogP contribution < -0.4 is 4.90 Å². The molecule has 0 aliphatic carbocycles. The fraction of sp³-hybridized carbons (Fsp3) is 0.208. The number of hydrogen-bond acceptors (Lipinski definition) is 5. The molecule has 31 heavy (non-hydrogen) atoms. The first-order valence-electron chi connectivity index (χ1n) is 10.3. The molecule has 1 amide bonds. The molecule has 1 aliphatic rings. The first kappa shape index (κ1) is 20.0. The molecule has 0 fully saturated rings. The lowest BCUT2D eigenvalue weighted by atomic mass is 10.2. The number of thiophene rings is 1. The Morgan fingerprint density at radius 3 is 2.68 bits per heavy atom. The van der Waals surface area contributed by atoms with Gasteiger partial charge in [0.25, 0.3) is 0 Å². The van der Waals surface area contributed by atoms with Crippen molar-refractivity contribution >= 4 is 34.7 Å². The third kappa shape index (κ3) is 4.03. The molecule has 0 N–H and O–H groups in total. The molecule has 4 aromatic rings. The third-order valence-electron chi connectivity index (χ3n) is 5.41. The van der Waals surface area contributed by atoms with Crippen LogP contribution in [0.1, 0.15) is 23.2 Å². The monoisotopic (exact) mass is 446 g/mol. The first-order chi connectivity index (χ1) is 15.2. The highest BCUT2D eigenvalue weighted by atomic mass is 32.2. The van der Waals surface area contributed by atoms with E-state index in [0.29, 0.717) is 6.42 Å². The zero-order valence-electron chi connectivity index (χ0n) is 17.1. The Hall–Kier alpha value is -2.90. The number of nitrogens with zero attached hydrogens (tertiary/aromatic N) is 4. The predicted octanol–water partition coefficient (Wildman–Crippen LogP) is 4.99. The zero-order valence-corrected chi connectivity index (χ0v) is 18.8. The molecule has 0 bridgehead atoms. The summed E-state index contributed by atoms with van der Waals surface area (Å²) in [5.41, 5.74) is 3.27. The van der Waals surface area contributed by atoms with Gasteiger partial charge in [-0.15, -0.1) is 21.5 Å². The Labute approximate surface area is 189 Å². The van der Waals surface area contributed by atoms with Crippen LogP contribution >= 0.6 is 23.1 Å². The van der Waals surface area contributed by atoms with Crippen LogP contribution in [-0.4, -0.2) is 32.5 Å². The average Bonchev–Trinajstić information content (AvgIpc) is 3.54. The Morgan fingerprint density at radius 2 is 1.87 bits per heavy atom. The molecular weight excluding hydrogens is 424 g/mol. The predicted molar refractivity (Wildman–Crippen MR) is 126 cm³/mol. The number of thioether (sulfide) groups is 1. The quantitative estimate of drug-likeness (QED) is 0.392. The molecule has 1 atom stereocenters. The summed E-state index contributed by atoms with van der Waals surface area (Å²) in [5.74, 6) is 0.986. The van der Waals surface area contributed by atoms with E-state index in [1.807, 2.05) is 54.3 Å². The molecule has 5 rings (SSSR count). The van der Waals surface area contributed by atoms with Crippen molar-refractivity contribution in [2.75, 3.05) is 11.4 Å². The molecular formula is C24H22N4OS2. The van der Waals surface area contributed by atoms with E-state index in [-0.39, 0.29) is 11.2 Å². The largest absolute Gasteiger partial charge is 0.311 e. The number of para-hydroxylation sites is 2. The smallest absolute Gasteiger partial charge is 0.240 e. The molecule has 7 heteroatoms. The summed E-state index contributed by atoms with van der Waals surface area (Å²) in [7, 11) is 0. The number of amides is 1. The van der Waals surface area contributed by atoms with Crippen molar-refractivity contribution in [1.82, 2.24) is 14.8 Å². The van der Waals surface area contributed by atoms with Crippen molar-refractivity contribution < 1.29 is 4.79 Å². The number of carbonyl (C=O) groups is 1. The lowest BCUT2D eigenvalue weighted by Gasteiger charge is -2.21. The van der Waals surface area contributed by atoms with Crippen LogP contribution in [0.5, 0.6) is 0 Å². The number of hydrogen-bond donors (Lipinski definition) is 0. The number of benzene rings is 2. The fourth-order valence-electron chi connectivity index (χ4n) is 3.89. The molecule has 0 unspecified atom stereocenters. The molecule has 0 saturated carbocycles. The summed E-state index contributed by atoms with van der Waals surface area (Å²) in [4.78, 5) is 16.4. The highest BCUT2D eigenvalue weighted by molar-refractivity contribution is 8.00. The van der Waals surface area contributed by atoms with E-state index in [1.165, 1.54) is 22.2 Å². The van der Waals surface area contributed by atoms with E-state index in [1.54, 1.807) is 11.3 Å². The second kappa shape index (κ2) is 8.69. The summed E-state index contributed by atoms with van der Waals surface area (Å²) >= 11 is 3.18. The normalized spacial score (nSPS) is 13.9. The van der Waals surface area contributed by atoms with Crippen LogP contribution in [0.25, 0.3) is 5.69 Å². The van der Waals surface area contributed by atoms with Gasteiger partial charge in [-0.1, -0.05) is 54.2 Å². The molecule has 2 aromatic carbocycles. The maximum absolute atomic E-state index is 13.3. The number of aromatic nitrogens is 3. The maximum Gasteiger partial charge on any atom is 0.240 e. The van der Waals surface area contributed by atoms with Crippen LogP contribution in [0.3, 0.4) is 0 Å². The third-order valence-corrected chi connectivity index (χ3v) is 7.32. The molecule has 2 aromatic heterocycles. The Morgan fingerprint density at radius 1 is 1.06 bits per heavy atom. The van der Waals surface area contributed by atoms with Crippen molar-refractivity contribution in [3.8, 4) is 5.69 Å². The highest BCUT2D eigenvalue weighted by Crippen LogP contribution is 2.32. The summed E-state index contributed by atoms with van der Waals surface area (Å²) < 4.78 is 2.08. The highest BCUT2D eigenvalue weighted by Gasteiger charge is 2.29. The van der Waals surface area contributed by atoms with Gasteiger partial charge in [0.2, 0.25) is 5.91 Å². The second-order valence-electron chi connectivity index (χ2n) is 7.45. The van der Waals surface area contributed by atoms with E-state index in [2.05, 4.69) is 44.4 Å². The minimum Gasteiger partial charge on any atom is -0.311 e. The second-order valence-corrected chi connectivity index (χ2v) is 9.79. The van der Waals surface area contributed by atoms with Crippen molar-refractivity contribution in [2.45, 2.75) is 30.2 Å². The van der Waals surface area contributed by atoms with E-state index in [4.69, 9.17) is 0 Å². The Bertz CT molecular complexity index is 1190. The average molecular weight is 447 g/mol. The van der Waals surface area contributed by atoms with Crippen molar-refractivity contribution in [2.24, 2.45) is 0 Å². The van der Waals surface area contributed by atoms with Crippen molar-refractivity contribution in [3.05, 3.63) is 88.4 Å². The molecule has 1 aliphatic heterocycles. The van der Waals surface area contributed by atoms with Gasteiger partial charge in [0.1, 0.15) is 5.82 Å². The Kier molecular flexibility index (Phi) is 5.61. The van der Waals surface area contributed by atoms with Gasteiger partial charge in [0.05, 0.1) is 5.25 Å². The van der Waals surface area contributed by atoms with E-state index < -0.39 is 0 Å². The molecule has 156 valence electrons. The molecule has 5 nitrogen and oxygen atoms in total. The van der Waals surface area contributed by atoms with Crippen LogP contribution in [0.4, 0.5) is 5.69 Å². The SMILES string of the molecule is C[C@H](Sc1nnc(Cc2cccs2)n1-c1ccccc1)C(=O)N1CCc2ccccc21. The Balaban J connectivity index is 1.42. The van der Waals surface area contributed by atoms with Gasteiger partial charge in [-0.05, 0) is 48.6 Å². The minimum absolute atomic E-state index is 0.109. The fourth-order valence-corrected chi connectivity index (χ4v) is 5.54. The van der Waals surface area contributed by atoms with Gasteiger partial charge >= 0.3 is 0 Å². The topological polar surface area (TPSA) is 51.0 Å². The molecule has 0 radical (unpaired) electrons. The lowest BCUT2D eigenvalue weighted by molar-refractivity contribution is -0.117. The summed E-state index contributed by atoms with van der Waals surface area (Å²) in [5, 5.41) is 11.5. The van der Waals surface area contributed by atoms with Crippen molar-refractivity contribution in [3.63, 3.8) is 0 Å². The van der Waals surface area contributed by atoms with Crippen LogP contribution in [0, 0.1) is 0 Å². The first-order valence-corrected chi connectivity index (χ1v) is 12.0. The van der Waals surface area contributed by atoms with Crippen LogP contribution in [-0.2, 0) is 17.6 Å². The van der Waals surface area contributed by atoms with E-state index in [9.17, 15) is 4.79 Å². The minimum atomic E-state index is -0.271. The summed E-state index contributed by atoms with van der Waals surface area (Å²) in [6.07, 6.45) is 1.62. The van der Waals surface area contributed by atoms with E-state index in [0.717, 1.165) is 35.3 Å². The summed E-state index contributed by atoms with van der Waals surface area (Å²) in [6, 6.07) is 22.4. The van der Waals surface area contributed by atoms with Crippen molar-refractivity contribution in [1.29, 1.82) is 0 Å². The number of rotatable bonds is 6. The zero-order chi connectivity index (χ0) is 21.2.